The third-order valence-corrected chi connectivity index (χ3v) is 4.14. The summed E-state index contributed by atoms with van der Waals surface area (Å²) < 4.78 is 0. The van der Waals surface area contributed by atoms with E-state index >= 15 is 0 Å². The van der Waals surface area contributed by atoms with Gasteiger partial charge in [0.1, 0.15) is 0 Å². The maximum Gasteiger partial charge on any atom is 0.0917 e. The zero-order valence-electron chi connectivity index (χ0n) is 12.1. The van der Waals surface area contributed by atoms with E-state index in [9.17, 15) is 5.11 Å². The van der Waals surface area contributed by atoms with Gasteiger partial charge in [-0.2, -0.15) is 0 Å². The molecule has 0 spiro atoms. The molecule has 1 aliphatic heterocycles. The Hall–Kier alpha value is -0.900. The van der Waals surface area contributed by atoms with Crippen molar-refractivity contribution in [3.63, 3.8) is 0 Å². The average Bonchev–Trinajstić information content (AvgIpc) is 2.64. The molecular formula is C16H26N2O. The Morgan fingerprint density at radius 3 is 2.89 bits per heavy atom. The molecule has 0 radical (unpaired) electrons. The summed E-state index contributed by atoms with van der Waals surface area (Å²) in [7, 11) is 4.08. The van der Waals surface area contributed by atoms with E-state index in [4.69, 9.17) is 0 Å². The second-order valence-electron chi connectivity index (χ2n) is 5.63. The fraction of sp³-hybridized carbons (Fsp3) is 0.625. The van der Waals surface area contributed by atoms with Crippen LogP contribution in [-0.2, 0) is 0 Å². The number of aliphatic hydroxyl groups is 1. The largest absolute Gasteiger partial charge is 0.387 e. The summed E-state index contributed by atoms with van der Waals surface area (Å²) in [5.41, 5.74) is 2.45. The van der Waals surface area contributed by atoms with Gasteiger partial charge in [0.2, 0.25) is 0 Å². The normalized spacial score (nSPS) is 23.0. The highest BCUT2D eigenvalue weighted by molar-refractivity contribution is 5.32. The Bertz CT molecular complexity index is 394. The molecule has 2 N–H and O–H groups in total. The standard InChI is InChI=1S/C16H26N2O/c1-17-12-16(19)15-8-4-3-7-14(15)13-6-5-10-18(2)11-9-13/h3-4,7-8,13,16-17,19H,5-6,9-12H2,1-2H3. The topological polar surface area (TPSA) is 35.5 Å². The van der Waals surface area contributed by atoms with Crippen molar-refractivity contribution >= 4 is 0 Å². The number of likely N-dealkylation sites (tertiary alicyclic amines) is 1. The lowest BCUT2D eigenvalue weighted by atomic mass is 9.87. The zero-order chi connectivity index (χ0) is 13.7. The Morgan fingerprint density at radius 2 is 2.11 bits per heavy atom. The van der Waals surface area contributed by atoms with Crippen LogP contribution in [0.5, 0.6) is 0 Å². The predicted octanol–water partition coefficient (Wildman–Crippen LogP) is 2.14. The van der Waals surface area contributed by atoms with E-state index in [1.54, 1.807) is 0 Å². The zero-order valence-corrected chi connectivity index (χ0v) is 12.1. The molecule has 1 aromatic carbocycles. The van der Waals surface area contributed by atoms with Gasteiger partial charge >= 0.3 is 0 Å². The molecule has 2 rings (SSSR count). The molecule has 2 unspecified atom stereocenters. The smallest absolute Gasteiger partial charge is 0.0917 e. The number of likely N-dealkylation sites (N-methyl/N-ethyl adjacent to an activating group) is 1. The van der Waals surface area contributed by atoms with E-state index in [-0.39, 0.29) is 0 Å². The molecule has 2 atom stereocenters. The summed E-state index contributed by atoms with van der Waals surface area (Å²) in [5.74, 6) is 0.590. The van der Waals surface area contributed by atoms with Crippen molar-refractivity contribution in [1.82, 2.24) is 10.2 Å². The van der Waals surface area contributed by atoms with Gasteiger partial charge in [-0.15, -0.1) is 0 Å². The van der Waals surface area contributed by atoms with Gasteiger partial charge in [-0.3, -0.25) is 0 Å². The van der Waals surface area contributed by atoms with Crippen molar-refractivity contribution in [3.8, 4) is 0 Å². The first-order valence-electron chi connectivity index (χ1n) is 7.32. The number of nitrogens with one attached hydrogen (secondary N) is 1. The molecule has 1 saturated heterocycles. The molecule has 3 heteroatoms. The molecular weight excluding hydrogens is 236 g/mol. The first-order chi connectivity index (χ1) is 9.22. The van der Waals surface area contributed by atoms with Crippen molar-refractivity contribution in [2.45, 2.75) is 31.3 Å². The van der Waals surface area contributed by atoms with Crippen LogP contribution >= 0.6 is 0 Å². The van der Waals surface area contributed by atoms with Crippen LogP contribution < -0.4 is 5.32 Å². The van der Waals surface area contributed by atoms with Crippen LogP contribution in [0.25, 0.3) is 0 Å². The summed E-state index contributed by atoms with van der Waals surface area (Å²) in [6.07, 6.45) is 3.27. The lowest BCUT2D eigenvalue weighted by Crippen LogP contribution is -2.20. The number of nitrogens with zero attached hydrogens (tertiary/aromatic N) is 1. The van der Waals surface area contributed by atoms with Crippen molar-refractivity contribution < 1.29 is 5.11 Å². The number of aliphatic hydroxyl groups excluding tert-OH is 1. The molecule has 106 valence electrons. The molecule has 0 amide bonds. The second kappa shape index (κ2) is 7.04. The van der Waals surface area contributed by atoms with E-state index in [1.807, 2.05) is 13.1 Å². The van der Waals surface area contributed by atoms with Gasteiger partial charge < -0.3 is 15.3 Å². The maximum absolute atomic E-state index is 10.3. The highest BCUT2D eigenvalue weighted by Crippen LogP contribution is 2.32. The Balaban J connectivity index is 2.18. The average molecular weight is 262 g/mol. The molecule has 0 aliphatic carbocycles. The molecule has 0 bridgehead atoms. The van der Waals surface area contributed by atoms with Gasteiger partial charge in [-0.25, -0.2) is 0 Å². The molecule has 19 heavy (non-hydrogen) atoms. The van der Waals surface area contributed by atoms with Gasteiger partial charge in [0, 0.05) is 6.54 Å². The maximum atomic E-state index is 10.3. The van der Waals surface area contributed by atoms with Gasteiger partial charge in [0.25, 0.3) is 0 Å². The van der Waals surface area contributed by atoms with Crippen LogP contribution in [0, 0.1) is 0 Å². The summed E-state index contributed by atoms with van der Waals surface area (Å²) in [6.45, 7) is 2.96. The summed E-state index contributed by atoms with van der Waals surface area (Å²) >= 11 is 0. The lowest BCUT2D eigenvalue weighted by molar-refractivity contribution is 0.176. The molecule has 1 aliphatic rings. The van der Waals surface area contributed by atoms with E-state index in [1.165, 1.54) is 31.4 Å². The second-order valence-corrected chi connectivity index (χ2v) is 5.63. The Labute approximate surface area is 116 Å². The van der Waals surface area contributed by atoms with Gasteiger partial charge in [-0.1, -0.05) is 24.3 Å². The van der Waals surface area contributed by atoms with E-state index < -0.39 is 6.10 Å². The van der Waals surface area contributed by atoms with Crippen LogP contribution in [0.1, 0.15) is 42.4 Å². The van der Waals surface area contributed by atoms with Crippen LogP contribution in [-0.4, -0.2) is 43.7 Å². The lowest BCUT2D eigenvalue weighted by Gasteiger charge is -2.22. The van der Waals surface area contributed by atoms with Crippen molar-refractivity contribution in [2.24, 2.45) is 0 Å². The number of hydrogen-bond donors (Lipinski definition) is 2. The molecule has 1 heterocycles. The van der Waals surface area contributed by atoms with E-state index in [0.29, 0.717) is 12.5 Å². The first kappa shape index (κ1) is 14.5. The summed E-state index contributed by atoms with van der Waals surface area (Å²) in [6, 6.07) is 8.40. The molecule has 3 nitrogen and oxygen atoms in total. The SMILES string of the molecule is CNCC(O)c1ccccc1C1CCCN(C)CC1. The highest BCUT2D eigenvalue weighted by Gasteiger charge is 2.21. The van der Waals surface area contributed by atoms with Crippen molar-refractivity contribution in [2.75, 3.05) is 33.7 Å². The Kier molecular flexibility index (Phi) is 5.37. The molecule has 1 aromatic rings. The van der Waals surface area contributed by atoms with Crippen molar-refractivity contribution in [1.29, 1.82) is 0 Å². The summed E-state index contributed by atoms with van der Waals surface area (Å²) in [4.78, 5) is 2.41. The van der Waals surface area contributed by atoms with Crippen LogP contribution in [0.2, 0.25) is 0 Å². The molecule has 1 fully saturated rings. The molecule has 0 saturated carbocycles. The third-order valence-electron chi connectivity index (χ3n) is 4.14. The van der Waals surface area contributed by atoms with Gasteiger partial charge in [0.15, 0.2) is 0 Å². The van der Waals surface area contributed by atoms with Crippen LogP contribution in [0.4, 0.5) is 0 Å². The Morgan fingerprint density at radius 1 is 1.32 bits per heavy atom. The van der Waals surface area contributed by atoms with E-state index in [0.717, 1.165) is 12.1 Å². The highest BCUT2D eigenvalue weighted by atomic mass is 16.3. The third kappa shape index (κ3) is 3.78. The number of rotatable bonds is 4. The van der Waals surface area contributed by atoms with Crippen LogP contribution in [0.15, 0.2) is 24.3 Å². The van der Waals surface area contributed by atoms with Crippen LogP contribution in [0.3, 0.4) is 0 Å². The predicted molar refractivity (Wildman–Crippen MR) is 79.4 cm³/mol. The fourth-order valence-corrected chi connectivity index (χ4v) is 3.04. The van der Waals surface area contributed by atoms with Crippen molar-refractivity contribution in [3.05, 3.63) is 35.4 Å². The minimum atomic E-state index is -0.401. The minimum absolute atomic E-state index is 0.401. The van der Waals surface area contributed by atoms with Gasteiger partial charge in [0.05, 0.1) is 6.10 Å². The number of hydrogen-bond acceptors (Lipinski definition) is 3. The first-order valence-corrected chi connectivity index (χ1v) is 7.32. The molecule has 0 aromatic heterocycles. The number of benzene rings is 1. The van der Waals surface area contributed by atoms with Gasteiger partial charge in [-0.05, 0) is 63.5 Å². The monoisotopic (exact) mass is 262 g/mol. The van der Waals surface area contributed by atoms with E-state index in [2.05, 4.69) is 35.5 Å². The minimum Gasteiger partial charge on any atom is -0.387 e. The fourth-order valence-electron chi connectivity index (χ4n) is 3.04. The summed E-state index contributed by atoms with van der Waals surface area (Å²) in [5, 5.41) is 13.3. The quantitative estimate of drug-likeness (QED) is 0.872.